The Morgan fingerprint density at radius 2 is 1.07 bits per heavy atom. The molecule has 0 aliphatic heterocycles. The first-order valence-electron chi connectivity index (χ1n) is 4.27. The van der Waals surface area contributed by atoms with Crippen LogP contribution in [-0.4, -0.2) is 23.1 Å². The zero-order valence-corrected chi connectivity index (χ0v) is 10.7. The Hall–Kier alpha value is -0.658. The van der Waals surface area contributed by atoms with Crippen molar-refractivity contribution in [3.05, 3.63) is 0 Å². The molecule has 0 spiro atoms. The summed E-state index contributed by atoms with van der Waals surface area (Å²) in [5.41, 5.74) is -1.74. The fourth-order valence-electron chi connectivity index (χ4n) is 1.49. The van der Waals surface area contributed by atoms with Gasteiger partial charge in [-0.1, -0.05) is 0 Å². The summed E-state index contributed by atoms with van der Waals surface area (Å²) in [6.45, 7) is 4.73. The van der Waals surface area contributed by atoms with E-state index < -0.39 is 22.8 Å². The molecule has 4 nitrogen and oxygen atoms in total. The van der Waals surface area contributed by atoms with Crippen LogP contribution in [0.2, 0.25) is 0 Å². The maximum absolute atomic E-state index is 11.3. The van der Waals surface area contributed by atoms with Gasteiger partial charge in [-0.2, -0.15) is 0 Å². The van der Waals surface area contributed by atoms with E-state index in [0.717, 1.165) is 20.8 Å². The van der Waals surface area contributed by atoms with Crippen LogP contribution in [0.1, 0.15) is 34.1 Å². The predicted octanol–water partition coefficient (Wildman–Crippen LogP) is 0.716. The quantitative estimate of drug-likeness (QED) is 0.554. The van der Waals surface area contributed by atoms with Crippen LogP contribution >= 0.6 is 0 Å². The zero-order valence-electron chi connectivity index (χ0n) is 9.16. The van der Waals surface area contributed by atoms with E-state index in [0.29, 0.717) is 0 Å². The third-order valence-corrected chi connectivity index (χ3v) is 2.32. The standard InChI is InChI=1S/C10H14O4.Pd/c1-6(11)5-10(7(2)12,8(3)13)9(4)14;/h5H2,1-4H3;. The number of ketones is 4. The van der Waals surface area contributed by atoms with E-state index in [2.05, 4.69) is 0 Å². The van der Waals surface area contributed by atoms with Gasteiger partial charge in [0.15, 0.2) is 22.8 Å². The Balaban J connectivity index is 0. The molecule has 0 heterocycles. The van der Waals surface area contributed by atoms with Crippen LogP contribution in [0.4, 0.5) is 0 Å². The van der Waals surface area contributed by atoms with Gasteiger partial charge < -0.3 is 0 Å². The van der Waals surface area contributed by atoms with E-state index in [-0.39, 0.29) is 32.6 Å². The topological polar surface area (TPSA) is 68.3 Å². The minimum absolute atomic E-state index is 0. The molecule has 15 heavy (non-hydrogen) atoms. The zero-order chi connectivity index (χ0) is 11.5. The predicted molar refractivity (Wildman–Crippen MR) is 49.8 cm³/mol. The van der Waals surface area contributed by atoms with Crippen molar-refractivity contribution in [2.45, 2.75) is 34.1 Å². The molecule has 0 aromatic heterocycles. The molecular weight excluding hydrogens is 291 g/mol. The summed E-state index contributed by atoms with van der Waals surface area (Å²) in [5, 5.41) is 0. The Morgan fingerprint density at radius 3 is 1.13 bits per heavy atom. The van der Waals surface area contributed by atoms with Gasteiger partial charge in [0.1, 0.15) is 5.78 Å². The molecule has 0 atom stereocenters. The number of rotatable bonds is 5. The molecule has 0 fully saturated rings. The second-order valence-electron chi connectivity index (χ2n) is 3.45. The summed E-state index contributed by atoms with van der Waals surface area (Å²) in [4.78, 5) is 44.8. The smallest absolute Gasteiger partial charge is 0.151 e. The van der Waals surface area contributed by atoms with E-state index in [9.17, 15) is 19.2 Å². The molecule has 0 unspecified atom stereocenters. The van der Waals surface area contributed by atoms with Crippen LogP contribution < -0.4 is 0 Å². The minimum atomic E-state index is -1.74. The summed E-state index contributed by atoms with van der Waals surface area (Å²) in [7, 11) is 0. The first-order valence-corrected chi connectivity index (χ1v) is 4.27. The Kier molecular flexibility index (Phi) is 6.75. The van der Waals surface area contributed by atoms with E-state index in [1.807, 2.05) is 0 Å². The van der Waals surface area contributed by atoms with Gasteiger partial charge in [-0.15, -0.1) is 0 Å². The summed E-state index contributed by atoms with van der Waals surface area (Å²) in [6.07, 6.45) is -0.326. The van der Waals surface area contributed by atoms with Crippen molar-refractivity contribution < 1.29 is 39.6 Å². The first-order chi connectivity index (χ1) is 6.25. The Labute approximate surface area is 102 Å². The molecule has 0 amide bonds. The van der Waals surface area contributed by atoms with Crippen molar-refractivity contribution in [1.29, 1.82) is 0 Å². The number of hydrogen-bond donors (Lipinski definition) is 0. The van der Waals surface area contributed by atoms with Gasteiger partial charge in [0.25, 0.3) is 0 Å². The van der Waals surface area contributed by atoms with Gasteiger partial charge in [0.05, 0.1) is 0 Å². The van der Waals surface area contributed by atoms with Crippen LogP contribution in [0.15, 0.2) is 0 Å². The third-order valence-electron chi connectivity index (χ3n) is 2.32. The molecule has 88 valence electrons. The summed E-state index contributed by atoms with van der Waals surface area (Å²) in [6, 6.07) is 0. The molecule has 0 aliphatic rings. The van der Waals surface area contributed by atoms with Crippen molar-refractivity contribution >= 4 is 23.1 Å². The van der Waals surface area contributed by atoms with E-state index >= 15 is 0 Å². The van der Waals surface area contributed by atoms with Crippen molar-refractivity contribution in [3.8, 4) is 0 Å². The van der Waals surface area contributed by atoms with E-state index in [1.54, 1.807) is 0 Å². The van der Waals surface area contributed by atoms with Gasteiger partial charge in [0, 0.05) is 26.8 Å². The van der Waals surface area contributed by atoms with Gasteiger partial charge in [-0.05, 0) is 27.7 Å². The molecule has 0 aliphatic carbocycles. The monoisotopic (exact) mass is 304 g/mol. The van der Waals surface area contributed by atoms with Gasteiger partial charge in [-0.3, -0.25) is 19.2 Å². The van der Waals surface area contributed by atoms with Crippen molar-refractivity contribution in [2.24, 2.45) is 5.41 Å². The van der Waals surface area contributed by atoms with Gasteiger partial charge in [-0.25, -0.2) is 0 Å². The van der Waals surface area contributed by atoms with Crippen LogP contribution in [0, 0.1) is 5.41 Å². The van der Waals surface area contributed by atoms with Gasteiger partial charge in [0.2, 0.25) is 0 Å². The molecular formula is C10H14O4Pd. The SMILES string of the molecule is CC(=O)CC(C(C)=O)(C(C)=O)C(C)=O.[Pd]. The maximum Gasteiger partial charge on any atom is 0.151 e. The molecule has 0 saturated heterocycles. The average Bonchev–Trinajstić information content (AvgIpc) is 1.97. The second kappa shape index (κ2) is 6.04. The summed E-state index contributed by atoms with van der Waals surface area (Å²) < 4.78 is 0. The van der Waals surface area contributed by atoms with E-state index in [4.69, 9.17) is 0 Å². The molecule has 0 saturated carbocycles. The van der Waals surface area contributed by atoms with Gasteiger partial charge >= 0.3 is 0 Å². The number of Topliss-reactive ketones (excluding diaryl/α,β-unsaturated/α-hetero) is 4. The summed E-state index contributed by atoms with van der Waals surface area (Å²) >= 11 is 0. The molecule has 0 aromatic carbocycles. The fraction of sp³-hybridized carbons (Fsp3) is 0.600. The maximum atomic E-state index is 11.3. The molecule has 5 heteroatoms. The Morgan fingerprint density at radius 1 is 0.800 bits per heavy atom. The van der Waals surface area contributed by atoms with Crippen molar-refractivity contribution in [2.75, 3.05) is 0 Å². The number of carbonyl (C=O) groups is 4. The van der Waals surface area contributed by atoms with Crippen LogP contribution in [-0.2, 0) is 39.6 Å². The molecule has 0 radical (unpaired) electrons. The average molecular weight is 305 g/mol. The van der Waals surface area contributed by atoms with Crippen LogP contribution in [0.25, 0.3) is 0 Å². The largest absolute Gasteiger partial charge is 0.300 e. The Bertz CT molecular complexity index is 271. The number of carbonyl (C=O) groups excluding carboxylic acids is 4. The molecule has 0 aromatic rings. The fourth-order valence-corrected chi connectivity index (χ4v) is 1.49. The van der Waals surface area contributed by atoms with Crippen molar-refractivity contribution in [1.82, 2.24) is 0 Å². The molecule has 0 N–H and O–H groups in total. The van der Waals surface area contributed by atoms with Crippen molar-refractivity contribution in [3.63, 3.8) is 0 Å². The van der Waals surface area contributed by atoms with Crippen LogP contribution in [0.3, 0.4) is 0 Å². The van der Waals surface area contributed by atoms with Crippen LogP contribution in [0.5, 0.6) is 0 Å². The van der Waals surface area contributed by atoms with E-state index in [1.165, 1.54) is 6.92 Å². The normalized spacial score (nSPS) is 10.1. The summed E-state index contributed by atoms with van der Waals surface area (Å²) in [5.74, 6) is -2.03. The second-order valence-corrected chi connectivity index (χ2v) is 3.45. The number of hydrogen-bond acceptors (Lipinski definition) is 4. The minimum Gasteiger partial charge on any atom is -0.300 e. The first kappa shape index (κ1) is 16.8. The molecule has 0 rings (SSSR count). The third kappa shape index (κ3) is 3.44. The molecule has 0 bridgehead atoms.